The van der Waals surface area contributed by atoms with E-state index in [0.29, 0.717) is 66.2 Å². The number of methoxy groups -OCH3 is 1. The van der Waals surface area contributed by atoms with E-state index >= 15 is 0 Å². The first-order valence-corrected chi connectivity index (χ1v) is 11.0. The summed E-state index contributed by atoms with van der Waals surface area (Å²) in [6, 6.07) is 0. The van der Waals surface area contributed by atoms with Gasteiger partial charge >= 0.3 is 5.69 Å². The van der Waals surface area contributed by atoms with Crippen molar-refractivity contribution in [1.29, 1.82) is 0 Å². The zero-order valence-electron chi connectivity index (χ0n) is 17.6. The van der Waals surface area contributed by atoms with Crippen molar-refractivity contribution < 1.29 is 19.7 Å². The monoisotopic (exact) mass is 439 g/mol. The van der Waals surface area contributed by atoms with Crippen molar-refractivity contribution in [3.8, 4) is 0 Å². The van der Waals surface area contributed by atoms with Crippen molar-refractivity contribution in [2.24, 2.45) is 0 Å². The number of likely N-dealkylation sites (tertiary alicyclic amines) is 1. The van der Waals surface area contributed by atoms with Gasteiger partial charge in [-0.25, -0.2) is 4.79 Å². The van der Waals surface area contributed by atoms with E-state index in [1.54, 1.807) is 18.9 Å². The molecule has 3 rings (SSSR count). The van der Waals surface area contributed by atoms with Crippen LogP contribution < -0.4 is 11.2 Å². The van der Waals surface area contributed by atoms with Crippen molar-refractivity contribution in [2.45, 2.75) is 51.8 Å². The van der Waals surface area contributed by atoms with Crippen LogP contribution in [0.5, 0.6) is 0 Å². The molecule has 10 heteroatoms. The average molecular weight is 440 g/mol. The molecule has 0 unspecified atom stereocenters. The molecule has 1 saturated heterocycles. The zero-order chi connectivity index (χ0) is 22.1. The average Bonchev–Trinajstić information content (AvgIpc) is 3.08. The summed E-state index contributed by atoms with van der Waals surface area (Å²) in [6.07, 6.45) is 1.23. The molecule has 0 saturated carbocycles. The summed E-state index contributed by atoms with van der Waals surface area (Å²) in [7, 11) is 1.54. The number of ether oxygens (including phenoxy) is 1. The summed E-state index contributed by atoms with van der Waals surface area (Å²) in [6.45, 7) is 4.85. The highest BCUT2D eigenvalue weighted by atomic mass is 32.1. The second kappa shape index (κ2) is 9.01. The van der Waals surface area contributed by atoms with Crippen LogP contribution in [0.3, 0.4) is 0 Å². The van der Waals surface area contributed by atoms with Gasteiger partial charge in [0.25, 0.3) is 11.5 Å². The lowest BCUT2D eigenvalue weighted by Crippen LogP contribution is -2.48. The summed E-state index contributed by atoms with van der Waals surface area (Å²) in [4.78, 5) is 41.7. The molecule has 0 atom stereocenters. The number of carbonyl (C=O) groups excluding carboxylic acids is 1. The van der Waals surface area contributed by atoms with Crippen LogP contribution in [0, 0.1) is 6.92 Å². The molecule has 9 nitrogen and oxygen atoms in total. The molecule has 0 aromatic carbocycles. The van der Waals surface area contributed by atoms with Gasteiger partial charge in [0.1, 0.15) is 4.83 Å². The standard InChI is InChI=1S/C20H29N3O6S/c1-4-7-22-16(25)14-13(2)15(30-18(14)23(19(22)27)10-11-29-3)17(26)21-8-5-20(28,12-24)6-9-21/h24,28H,4-12H2,1-3H3. The first kappa shape index (κ1) is 22.7. The van der Waals surface area contributed by atoms with Crippen molar-refractivity contribution in [2.75, 3.05) is 33.4 Å². The Kier molecular flexibility index (Phi) is 6.81. The summed E-state index contributed by atoms with van der Waals surface area (Å²) in [5.74, 6) is -0.221. The second-order valence-corrected chi connectivity index (χ2v) is 8.79. The van der Waals surface area contributed by atoms with Gasteiger partial charge in [-0.15, -0.1) is 11.3 Å². The second-order valence-electron chi connectivity index (χ2n) is 7.79. The van der Waals surface area contributed by atoms with Gasteiger partial charge in [0.05, 0.1) is 35.6 Å². The molecule has 1 aliphatic heterocycles. The number of hydrogen-bond donors (Lipinski definition) is 2. The highest BCUT2D eigenvalue weighted by Gasteiger charge is 2.35. The molecule has 0 spiro atoms. The molecule has 2 aromatic heterocycles. The molecule has 0 aliphatic carbocycles. The minimum Gasteiger partial charge on any atom is -0.393 e. The fraction of sp³-hybridized carbons (Fsp3) is 0.650. The number of carbonyl (C=O) groups is 1. The van der Waals surface area contributed by atoms with Gasteiger partial charge in [-0.1, -0.05) is 6.92 Å². The smallest absolute Gasteiger partial charge is 0.332 e. The normalized spacial score (nSPS) is 16.4. The number of aliphatic hydroxyl groups is 2. The molecule has 2 N–H and O–H groups in total. The van der Waals surface area contributed by atoms with Gasteiger partial charge in [0, 0.05) is 26.7 Å². The predicted octanol–water partition coefficient (Wildman–Crippen LogP) is 0.549. The number of amides is 1. The van der Waals surface area contributed by atoms with E-state index in [0.717, 1.165) is 11.3 Å². The van der Waals surface area contributed by atoms with Crippen LogP contribution in [-0.2, 0) is 17.8 Å². The van der Waals surface area contributed by atoms with E-state index < -0.39 is 11.3 Å². The van der Waals surface area contributed by atoms with E-state index in [-0.39, 0.29) is 24.6 Å². The number of rotatable bonds is 7. The van der Waals surface area contributed by atoms with Gasteiger partial charge in [0.15, 0.2) is 0 Å². The van der Waals surface area contributed by atoms with Crippen LogP contribution in [0.15, 0.2) is 9.59 Å². The van der Waals surface area contributed by atoms with Crippen LogP contribution in [0.2, 0.25) is 0 Å². The SMILES string of the molecule is CCCn1c(=O)c2c(C)c(C(=O)N3CCC(O)(CO)CC3)sc2n(CCOC)c1=O. The third kappa shape index (κ3) is 3.96. The Morgan fingerprint density at radius 3 is 2.43 bits per heavy atom. The van der Waals surface area contributed by atoms with Gasteiger partial charge in [-0.2, -0.15) is 0 Å². The Labute approximate surface area is 178 Å². The first-order valence-electron chi connectivity index (χ1n) is 10.2. The van der Waals surface area contributed by atoms with E-state index in [1.807, 2.05) is 6.92 Å². The maximum Gasteiger partial charge on any atom is 0.332 e. The molecule has 1 amide bonds. The van der Waals surface area contributed by atoms with E-state index in [9.17, 15) is 24.6 Å². The van der Waals surface area contributed by atoms with Gasteiger partial charge in [-0.05, 0) is 31.7 Å². The number of aliphatic hydroxyl groups excluding tert-OH is 1. The molecule has 30 heavy (non-hydrogen) atoms. The number of piperidine rings is 1. The van der Waals surface area contributed by atoms with Crippen LogP contribution in [-0.4, -0.2) is 69.2 Å². The number of hydrogen-bond acceptors (Lipinski definition) is 7. The van der Waals surface area contributed by atoms with E-state index in [2.05, 4.69) is 0 Å². The predicted molar refractivity (Wildman–Crippen MR) is 114 cm³/mol. The van der Waals surface area contributed by atoms with E-state index in [1.165, 1.54) is 9.13 Å². The Balaban J connectivity index is 2.08. The van der Waals surface area contributed by atoms with Crippen LogP contribution in [0.1, 0.15) is 41.4 Å². The number of nitrogens with zero attached hydrogens (tertiary/aromatic N) is 3. The summed E-state index contributed by atoms with van der Waals surface area (Å²) >= 11 is 1.15. The highest BCUT2D eigenvalue weighted by Crippen LogP contribution is 2.31. The van der Waals surface area contributed by atoms with Crippen molar-refractivity contribution in [1.82, 2.24) is 14.0 Å². The van der Waals surface area contributed by atoms with Gasteiger partial charge < -0.3 is 19.8 Å². The van der Waals surface area contributed by atoms with Crippen molar-refractivity contribution in [3.63, 3.8) is 0 Å². The largest absolute Gasteiger partial charge is 0.393 e. The minimum absolute atomic E-state index is 0.221. The Hall–Kier alpha value is -2.01. The molecular weight excluding hydrogens is 410 g/mol. The van der Waals surface area contributed by atoms with E-state index in [4.69, 9.17) is 4.74 Å². The summed E-state index contributed by atoms with van der Waals surface area (Å²) in [5, 5.41) is 19.9. The molecule has 0 bridgehead atoms. The third-order valence-corrected chi connectivity index (χ3v) is 7.03. The maximum absolute atomic E-state index is 13.2. The van der Waals surface area contributed by atoms with Crippen molar-refractivity contribution >= 4 is 27.5 Å². The first-order chi connectivity index (χ1) is 14.3. The molecule has 2 aromatic rings. The number of aryl methyl sites for hydroxylation is 1. The Morgan fingerprint density at radius 2 is 1.87 bits per heavy atom. The third-order valence-electron chi connectivity index (χ3n) is 5.73. The van der Waals surface area contributed by atoms with Gasteiger partial charge in [0.2, 0.25) is 0 Å². The van der Waals surface area contributed by atoms with Crippen molar-refractivity contribution in [3.05, 3.63) is 31.3 Å². The quantitative estimate of drug-likeness (QED) is 0.651. The molecule has 1 aliphatic rings. The topological polar surface area (TPSA) is 114 Å². The fourth-order valence-electron chi connectivity index (χ4n) is 3.83. The lowest BCUT2D eigenvalue weighted by molar-refractivity contribution is -0.0545. The van der Waals surface area contributed by atoms with Gasteiger partial charge in [-0.3, -0.25) is 18.7 Å². The lowest BCUT2D eigenvalue weighted by atomic mass is 9.92. The molecule has 1 fully saturated rings. The van der Waals surface area contributed by atoms with Crippen LogP contribution in [0.4, 0.5) is 0 Å². The van der Waals surface area contributed by atoms with Crippen LogP contribution >= 0.6 is 11.3 Å². The Bertz CT molecular complexity index is 1050. The number of aromatic nitrogens is 2. The highest BCUT2D eigenvalue weighted by molar-refractivity contribution is 7.20. The molecule has 3 heterocycles. The lowest BCUT2D eigenvalue weighted by Gasteiger charge is -2.36. The summed E-state index contributed by atoms with van der Waals surface area (Å²) < 4.78 is 7.88. The molecular formula is C20H29N3O6S. The van der Waals surface area contributed by atoms with Crippen LogP contribution in [0.25, 0.3) is 10.2 Å². The number of thiophene rings is 1. The minimum atomic E-state index is -1.15. The zero-order valence-corrected chi connectivity index (χ0v) is 18.5. The summed E-state index contributed by atoms with van der Waals surface area (Å²) in [5.41, 5.74) is -1.34. The molecule has 166 valence electrons. The fourth-order valence-corrected chi connectivity index (χ4v) is 5.11. The maximum atomic E-state index is 13.2. The Morgan fingerprint density at radius 1 is 1.20 bits per heavy atom. The number of fused-ring (bicyclic) bond motifs is 1. The molecule has 0 radical (unpaired) electrons.